The van der Waals surface area contributed by atoms with Gasteiger partial charge in [0.05, 0.1) is 19.3 Å². The number of pyridine rings is 1. The highest BCUT2D eigenvalue weighted by Gasteiger charge is 2.11. The predicted octanol–water partition coefficient (Wildman–Crippen LogP) is 0.197. The van der Waals surface area contributed by atoms with Gasteiger partial charge in [-0.1, -0.05) is 0 Å². The molecule has 0 fully saturated rings. The minimum atomic E-state index is 0.00471. The maximum Gasteiger partial charge on any atom is 0.241 e. The van der Waals surface area contributed by atoms with Crippen molar-refractivity contribution in [3.63, 3.8) is 0 Å². The lowest BCUT2D eigenvalue weighted by Gasteiger charge is -2.20. The number of anilines is 2. The normalized spacial score (nSPS) is 9.88. The molecule has 0 aliphatic carbocycles. The third kappa shape index (κ3) is 3.24. The molecular formula is C11H18N4O2. The summed E-state index contributed by atoms with van der Waals surface area (Å²) in [7, 11) is 6.73. The number of carbonyl (C=O) groups is 1. The van der Waals surface area contributed by atoms with E-state index in [1.165, 1.54) is 12.0 Å². The van der Waals surface area contributed by atoms with Crippen molar-refractivity contribution in [2.45, 2.75) is 0 Å². The van der Waals surface area contributed by atoms with E-state index in [4.69, 9.17) is 10.5 Å². The lowest BCUT2D eigenvalue weighted by Crippen LogP contribution is -2.34. The summed E-state index contributed by atoms with van der Waals surface area (Å²) < 4.78 is 5.03. The van der Waals surface area contributed by atoms with Gasteiger partial charge in [-0.3, -0.25) is 4.79 Å². The molecule has 94 valence electrons. The predicted molar refractivity (Wildman–Crippen MR) is 67.2 cm³/mol. The standard InChI is InChI=1S/C11H18N4O2/c1-14(2)10(16)7-15(3)9-6-5-8(12)11(13-9)17-4/h5-6H,7,12H2,1-4H3. The first-order valence-electron chi connectivity index (χ1n) is 5.17. The second kappa shape index (κ2) is 5.38. The van der Waals surface area contributed by atoms with Crippen LogP contribution in [-0.4, -0.2) is 50.6 Å². The molecular weight excluding hydrogens is 220 g/mol. The lowest BCUT2D eigenvalue weighted by atomic mass is 10.3. The largest absolute Gasteiger partial charge is 0.479 e. The zero-order valence-electron chi connectivity index (χ0n) is 10.6. The van der Waals surface area contributed by atoms with Crippen LogP contribution in [0.15, 0.2) is 12.1 Å². The molecule has 1 rings (SSSR count). The van der Waals surface area contributed by atoms with Crippen molar-refractivity contribution in [1.82, 2.24) is 9.88 Å². The first kappa shape index (κ1) is 13.1. The van der Waals surface area contributed by atoms with Gasteiger partial charge >= 0.3 is 0 Å². The van der Waals surface area contributed by atoms with Crippen molar-refractivity contribution in [2.75, 3.05) is 45.4 Å². The van der Waals surface area contributed by atoms with Crippen molar-refractivity contribution < 1.29 is 9.53 Å². The Morgan fingerprint density at radius 1 is 1.41 bits per heavy atom. The Labute approximate surface area is 101 Å². The summed E-state index contributed by atoms with van der Waals surface area (Å²) in [6.45, 7) is 0.257. The topological polar surface area (TPSA) is 71.7 Å². The molecule has 0 aliphatic heterocycles. The van der Waals surface area contributed by atoms with Gasteiger partial charge in [-0.25, -0.2) is 0 Å². The van der Waals surface area contributed by atoms with E-state index < -0.39 is 0 Å². The summed E-state index contributed by atoms with van der Waals surface area (Å²) in [6, 6.07) is 3.46. The van der Waals surface area contributed by atoms with Crippen molar-refractivity contribution in [2.24, 2.45) is 0 Å². The van der Waals surface area contributed by atoms with Gasteiger partial charge in [0.2, 0.25) is 11.8 Å². The van der Waals surface area contributed by atoms with Crippen LogP contribution in [0.5, 0.6) is 5.88 Å². The number of nitrogen functional groups attached to an aromatic ring is 1. The number of hydrogen-bond acceptors (Lipinski definition) is 5. The molecule has 6 nitrogen and oxygen atoms in total. The highest BCUT2D eigenvalue weighted by Crippen LogP contribution is 2.21. The van der Waals surface area contributed by atoms with E-state index in [0.29, 0.717) is 17.4 Å². The van der Waals surface area contributed by atoms with Crippen LogP contribution in [0.1, 0.15) is 0 Å². The molecule has 1 aromatic rings. The average Bonchev–Trinajstić information content (AvgIpc) is 2.29. The Hall–Kier alpha value is -1.98. The molecule has 6 heteroatoms. The first-order chi connectivity index (χ1) is 7.95. The second-order valence-corrected chi connectivity index (χ2v) is 3.91. The van der Waals surface area contributed by atoms with Crippen LogP contribution >= 0.6 is 0 Å². The number of nitrogens with two attached hydrogens (primary N) is 1. The van der Waals surface area contributed by atoms with Gasteiger partial charge in [0, 0.05) is 21.1 Å². The number of hydrogen-bond donors (Lipinski definition) is 1. The molecule has 0 spiro atoms. The van der Waals surface area contributed by atoms with Crippen molar-refractivity contribution >= 4 is 17.4 Å². The van der Waals surface area contributed by atoms with Crippen molar-refractivity contribution in [3.05, 3.63) is 12.1 Å². The molecule has 1 heterocycles. The van der Waals surface area contributed by atoms with Gasteiger partial charge in [-0.2, -0.15) is 4.98 Å². The molecule has 0 atom stereocenters. The van der Waals surface area contributed by atoms with Crippen LogP contribution in [0.2, 0.25) is 0 Å². The maximum atomic E-state index is 11.5. The van der Waals surface area contributed by atoms with Gasteiger partial charge in [0.25, 0.3) is 0 Å². The van der Waals surface area contributed by atoms with Crippen molar-refractivity contribution in [1.29, 1.82) is 0 Å². The summed E-state index contributed by atoms with van der Waals surface area (Å²) in [4.78, 5) is 19.0. The van der Waals surface area contributed by atoms with Gasteiger partial charge < -0.3 is 20.3 Å². The van der Waals surface area contributed by atoms with Gasteiger partial charge in [0.15, 0.2) is 0 Å². The van der Waals surface area contributed by atoms with E-state index >= 15 is 0 Å². The van der Waals surface area contributed by atoms with Gasteiger partial charge in [-0.05, 0) is 12.1 Å². The number of carbonyl (C=O) groups excluding carboxylic acids is 1. The van der Waals surface area contributed by atoms with Crippen molar-refractivity contribution in [3.8, 4) is 5.88 Å². The van der Waals surface area contributed by atoms with Crippen LogP contribution in [0.4, 0.5) is 11.5 Å². The minimum absolute atomic E-state index is 0.00471. The lowest BCUT2D eigenvalue weighted by molar-refractivity contribution is -0.127. The molecule has 0 unspecified atom stereocenters. The van der Waals surface area contributed by atoms with Crippen LogP contribution in [0.25, 0.3) is 0 Å². The third-order valence-electron chi connectivity index (χ3n) is 2.33. The molecule has 0 aromatic carbocycles. The quantitative estimate of drug-likeness (QED) is 0.811. The zero-order valence-corrected chi connectivity index (χ0v) is 10.6. The van der Waals surface area contributed by atoms with E-state index in [1.807, 2.05) is 0 Å². The smallest absolute Gasteiger partial charge is 0.241 e. The number of amides is 1. The molecule has 0 aliphatic rings. The second-order valence-electron chi connectivity index (χ2n) is 3.91. The van der Waals surface area contributed by atoms with Gasteiger partial charge in [-0.15, -0.1) is 0 Å². The summed E-state index contributed by atoms with van der Waals surface area (Å²) >= 11 is 0. The molecule has 0 saturated carbocycles. The van der Waals surface area contributed by atoms with E-state index in [1.54, 1.807) is 38.2 Å². The Morgan fingerprint density at radius 2 is 2.06 bits per heavy atom. The summed E-state index contributed by atoms with van der Waals surface area (Å²) in [5.41, 5.74) is 6.14. The Kier molecular flexibility index (Phi) is 4.14. The molecule has 1 amide bonds. The van der Waals surface area contributed by atoms with Crippen LogP contribution < -0.4 is 15.4 Å². The molecule has 0 bridgehead atoms. The summed E-state index contributed by atoms with van der Waals surface area (Å²) in [5.74, 6) is 1.02. The van der Waals surface area contributed by atoms with E-state index in [2.05, 4.69) is 4.98 Å². The molecule has 2 N–H and O–H groups in total. The third-order valence-corrected chi connectivity index (χ3v) is 2.33. The van der Waals surface area contributed by atoms with E-state index in [0.717, 1.165) is 0 Å². The average molecular weight is 238 g/mol. The first-order valence-corrected chi connectivity index (χ1v) is 5.17. The fourth-order valence-corrected chi connectivity index (χ4v) is 1.24. The van der Waals surface area contributed by atoms with Crippen LogP contribution in [0, 0.1) is 0 Å². The highest BCUT2D eigenvalue weighted by atomic mass is 16.5. The number of ether oxygens (including phenoxy) is 1. The fourth-order valence-electron chi connectivity index (χ4n) is 1.24. The minimum Gasteiger partial charge on any atom is -0.479 e. The highest BCUT2D eigenvalue weighted by molar-refractivity contribution is 5.80. The number of aromatic nitrogens is 1. The zero-order chi connectivity index (χ0) is 13.0. The number of methoxy groups -OCH3 is 1. The molecule has 17 heavy (non-hydrogen) atoms. The SMILES string of the molecule is COc1nc(N(C)CC(=O)N(C)C)ccc1N. The maximum absolute atomic E-state index is 11.5. The Morgan fingerprint density at radius 3 is 2.59 bits per heavy atom. The number of likely N-dealkylation sites (N-methyl/N-ethyl adjacent to an activating group) is 2. The van der Waals surface area contributed by atoms with Crippen LogP contribution in [0.3, 0.4) is 0 Å². The molecule has 1 aromatic heterocycles. The number of nitrogens with zero attached hydrogens (tertiary/aromatic N) is 3. The van der Waals surface area contributed by atoms with E-state index in [9.17, 15) is 4.79 Å². The summed E-state index contributed by atoms with van der Waals surface area (Å²) in [5, 5.41) is 0. The number of rotatable bonds is 4. The Balaban J connectivity index is 2.82. The van der Waals surface area contributed by atoms with Crippen LogP contribution in [-0.2, 0) is 4.79 Å². The molecule has 0 saturated heterocycles. The molecule has 0 radical (unpaired) electrons. The monoisotopic (exact) mass is 238 g/mol. The van der Waals surface area contributed by atoms with E-state index in [-0.39, 0.29) is 12.5 Å². The fraction of sp³-hybridized carbons (Fsp3) is 0.455. The Bertz CT molecular complexity index is 406. The summed E-state index contributed by atoms with van der Waals surface area (Å²) in [6.07, 6.45) is 0. The van der Waals surface area contributed by atoms with Gasteiger partial charge in [0.1, 0.15) is 5.82 Å².